The van der Waals surface area contributed by atoms with Crippen molar-refractivity contribution in [2.24, 2.45) is 0 Å². The fraction of sp³-hybridized carbons (Fsp3) is 0.0714. The molecule has 0 unspecified atom stereocenters. The summed E-state index contributed by atoms with van der Waals surface area (Å²) in [6.45, 7) is 0.564. The van der Waals surface area contributed by atoms with Gasteiger partial charge in [0, 0.05) is 12.1 Å². The lowest BCUT2D eigenvalue weighted by molar-refractivity contribution is 0.0951. The second-order valence-corrected chi connectivity index (χ2v) is 3.68. The highest BCUT2D eigenvalue weighted by atomic mass is 16.4. The van der Waals surface area contributed by atoms with E-state index in [4.69, 9.17) is 10.0 Å². The van der Waals surface area contributed by atoms with Gasteiger partial charge in [-0.05, 0) is 17.7 Å². The molecule has 1 amide bonds. The lowest BCUT2D eigenvalue weighted by atomic mass is 10.2. The first kappa shape index (κ1) is 15.0. The van der Waals surface area contributed by atoms with E-state index < -0.39 is 7.69 Å². The van der Waals surface area contributed by atoms with Crippen LogP contribution in [0.5, 0.6) is 0 Å². The Balaban J connectivity index is 0.000000550. The monoisotopic (exact) mass is 257 g/mol. The minimum Gasteiger partial charge on any atom is -0.430 e. The van der Waals surface area contributed by atoms with Gasteiger partial charge in [-0.15, -0.1) is 0 Å². The molecule has 5 heteroatoms. The lowest BCUT2D eigenvalue weighted by Crippen LogP contribution is -2.22. The Kier molecular flexibility index (Phi) is 7.01. The van der Waals surface area contributed by atoms with Crippen molar-refractivity contribution in [3.63, 3.8) is 0 Å². The van der Waals surface area contributed by atoms with Crippen LogP contribution in [0.1, 0.15) is 15.9 Å². The molecule has 3 N–H and O–H groups in total. The molecular formula is C14H16BNO3. The maximum Gasteiger partial charge on any atom is 0.432 e. The molecule has 0 aliphatic rings. The summed E-state index contributed by atoms with van der Waals surface area (Å²) in [5.41, 5.74) is 1.80. The molecule has 0 atom stereocenters. The topological polar surface area (TPSA) is 69.6 Å². The molecule has 0 fully saturated rings. The molecule has 0 radical (unpaired) electrons. The van der Waals surface area contributed by atoms with E-state index in [1.165, 1.54) is 0 Å². The highest BCUT2D eigenvalue weighted by molar-refractivity contribution is 6.13. The summed E-state index contributed by atoms with van der Waals surface area (Å²) in [5, 5.41) is 17.1. The van der Waals surface area contributed by atoms with Gasteiger partial charge in [-0.1, -0.05) is 48.5 Å². The van der Waals surface area contributed by atoms with Crippen LogP contribution in [0.3, 0.4) is 0 Å². The third-order valence-corrected chi connectivity index (χ3v) is 2.33. The predicted octanol–water partition coefficient (Wildman–Crippen LogP) is 0.854. The van der Waals surface area contributed by atoms with Gasteiger partial charge >= 0.3 is 7.69 Å². The van der Waals surface area contributed by atoms with Gasteiger partial charge in [0.15, 0.2) is 0 Å². The summed E-state index contributed by atoms with van der Waals surface area (Å²) in [4.78, 5) is 11.7. The third kappa shape index (κ3) is 5.85. The number of carbonyl (C=O) groups excluding carboxylic acids is 1. The molecule has 0 spiro atoms. The maximum absolute atomic E-state index is 11.7. The summed E-state index contributed by atoms with van der Waals surface area (Å²) in [6.07, 6.45) is 0. The lowest BCUT2D eigenvalue weighted by Gasteiger charge is -2.04. The number of amides is 1. The molecular weight excluding hydrogens is 241 g/mol. The van der Waals surface area contributed by atoms with Crippen LogP contribution in [-0.4, -0.2) is 23.6 Å². The van der Waals surface area contributed by atoms with Crippen LogP contribution < -0.4 is 5.32 Å². The quantitative estimate of drug-likeness (QED) is 0.714. The van der Waals surface area contributed by atoms with E-state index in [0.717, 1.165) is 5.56 Å². The molecule has 0 aromatic heterocycles. The summed E-state index contributed by atoms with van der Waals surface area (Å²) in [7, 11) is -0.750. The molecule has 0 bridgehead atoms. The largest absolute Gasteiger partial charge is 0.432 e. The number of hydrogen-bond donors (Lipinski definition) is 3. The molecule has 2 aromatic carbocycles. The number of benzene rings is 2. The zero-order chi connectivity index (χ0) is 13.9. The molecule has 0 saturated carbocycles. The summed E-state index contributed by atoms with van der Waals surface area (Å²) < 4.78 is 0. The van der Waals surface area contributed by atoms with Crippen molar-refractivity contribution in [1.82, 2.24) is 5.32 Å². The van der Waals surface area contributed by atoms with E-state index in [1.807, 2.05) is 48.5 Å². The first-order valence-corrected chi connectivity index (χ1v) is 5.87. The molecule has 4 nitrogen and oxygen atoms in total. The van der Waals surface area contributed by atoms with E-state index in [-0.39, 0.29) is 5.91 Å². The van der Waals surface area contributed by atoms with Crippen molar-refractivity contribution < 1.29 is 14.8 Å². The van der Waals surface area contributed by atoms with Crippen molar-refractivity contribution in [1.29, 1.82) is 0 Å². The highest BCUT2D eigenvalue weighted by Gasteiger charge is 2.02. The fourth-order valence-corrected chi connectivity index (χ4v) is 1.47. The molecule has 0 heterocycles. The van der Waals surface area contributed by atoms with Gasteiger partial charge in [-0.25, -0.2) is 0 Å². The molecule has 0 aliphatic carbocycles. The van der Waals surface area contributed by atoms with Crippen LogP contribution in [0, 0.1) is 0 Å². The molecule has 19 heavy (non-hydrogen) atoms. The average molecular weight is 257 g/mol. The van der Waals surface area contributed by atoms with Crippen LogP contribution in [0.4, 0.5) is 0 Å². The Morgan fingerprint density at radius 2 is 1.42 bits per heavy atom. The Labute approximate surface area is 113 Å². The predicted molar refractivity (Wildman–Crippen MR) is 75.6 cm³/mol. The Morgan fingerprint density at radius 3 is 1.95 bits per heavy atom. The van der Waals surface area contributed by atoms with Gasteiger partial charge in [0.05, 0.1) is 0 Å². The Hall–Kier alpha value is -2.11. The SMILES string of the molecule is O=C(NCc1ccccc1)c1ccccc1.OBO. The Morgan fingerprint density at radius 1 is 0.947 bits per heavy atom. The van der Waals surface area contributed by atoms with Crippen LogP contribution in [0.15, 0.2) is 60.7 Å². The minimum atomic E-state index is -0.750. The van der Waals surface area contributed by atoms with Crippen LogP contribution >= 0.6 is 0 Å². The van der Waals surface area contributed by atoms with Gasteiger partial charge in [-0.2, -0.15) is 0 Å². The van der Waals surface area contributed by atoms with E-state index in [9.17, 15) is 4.79 Å². The average Bonchev–Trinajstić information content (AvgIpc) is 2.47. The molecule has 0 saturated heterocycles. The molecule has 0 aliphatic heterocycles. The van der Waals surface area contributed by atoms with Crippen molar-refractivity contribution in [3.05, 3.63) is 71.8 Å². The first-order valence-electron chi connectivity index (χ1n) is 5.87. The van der Waals surface area contributed by atoms with Gasteiger partial charge in [0.25, 0.3) is 5.91 Å². The fourth-order valence-electron chi connectivity index (χ4n) is 1.47. The molecule has 2 rings (SSSR count). The summed E-state index contributed by atoms with van der Waals surface area (Å²) >= 11 is 0. The normalized spacial score (nSPS) is 8.95. The number of carbonyl (C=O) groups is 1. The number of hydrogen-bond acceptors (Lipinski definition) is 3. The summed E-state index contributed by atoms with van der Waals surface area (Å²) in [5.74, 6) is -0.0375. The maximum atomic E-state index is 11.7. The third-order valence-electron chi connectivity index (χ3n) is 2.33. The van der Waals surface area contributed by atoms with E-state index >= 15 is 0 Å². The van der Waals surface area contributed by atoms with Crippen molar-refractivity contribution in [3.8, 4) is 0 Å². The second kappa shape index (κ2) is 8.91. The van der Waals surface area contributed by atoms with Crippen molar-refractivity contribution >= 4 is 13.6 Å². The van der Waals surface area contributed by atoms with Crippen molar-refractivity contribution in [2.75, 3.05) is 0 Å². The molecule has 2 aromatic rings. The summed E-state index contributed by atoms with van der Waals surface area (Å²) in [6, 6.07) is 19.1. The zero-order valence-electron chi connectivity index (χ0n) is 10.5. The number of rotatable bonds is 3. The molecule has 98 valence electrons. The number of nitrogens with one attached hydrogen (secondary N) is 1. The van der Waals surface area contributed by atoms with Crippen LogP contribution in [0.25, 0.3) is 0 Å². The van der Waals surface area contributed by atoms with Gasteiger partial charge < -0.3 is 15.4 Å². The van der Waals surface area contributed by atoms with Gasteiger partial charge in [-0.3, -0.25) is 4.79 Å². The van der Waals surface area contributed by atoms with Crippen molar-refractivity contribution in [2.45, 2.75) is 6.54 Å². The minimum absolute atomic E-state index is 0.0375. The first-order chi connectivity index (χ1) is 9.27. The van der Waals surface area contributed by atoms with E-state index in [2.05, 4.69) is 5.32 Å². The standard InChI is InChI=1S/C14H13NO.BH3O2/c16-14(13-9-5-2-6-10-13)15-11-12-7-3-1-4-8-12;2-1-3/h1-10H,11H2,(H,15,16);1-3H. The van der Waals surface area contributed by atoms with Gasteiger partial charge in [0.2, 0.25) is 0 Å². The zero-order valence-corrected chi connectivity index (χ0v) is 10.5. The van der Waals surface area contributed by atoms with Crippen LogP contribution in [-0.2, 0) is 6.54 Å². The highest BCUT2D eigenvalue weighted by Crippen LogP contribution is 2.01. The van der Waals surface area contributed by atoms with E-state index in [0.29, 0.717) is 12.1 Å². The smallest absolute Gasteiger partial charge is 0.430 e. The van der Waals surface area contributed by atoms with E-state index in [1.54, 1.807) is 12.1 Å². The second-order valence-electron chi connectivity index (χ2n) is 3.68. The van der Waals surface area contributed by atoms with Crippen LogP contribution in [0.2, 0.25) is 0 Å². The van der Waals surface area contributed by atoms with Gasteiger partial charge in [0.1, 0.15) is 0 Å². The Bertz CT molecular complexity index is 477.